The zero-order valence-corrected chi connectivity index (χ0v) is 16.3. The van der Waals surface area contributed by atoms with Crippen LogP contribution in [0.3, 0.4) is 0 Å². The average molecular weight is 391 g/mol. The molecule has 0 unspecified atom stereocenters. The topological polar surface area (TPSA) is 72.9 Å². The average Bonchev–Trinajstić information content (AvgIpc) is 3.20. The van der Waals surface area contributed by atoms with E-state index in [4.69, 9.17) is 16.0 Å². The molecule has 0 radical (unpaired) electrons. The van der Waals surface area contributed by atoms with Gasteiger partial charge in [0.2, 0.25) is 5.91 Å². The number of carbonyl (C=O) groups is 1. The van der Waals surface area contributed by atoms with Gasteiger partial charge in [0.25, 0.3) is 0 Å². The maximum atomic E-state index is 12.2. The molecule has 0 fully saturated rings. The molecule has 0 atom stereocenters. The SMILES string of the molecule is Cc1occc1-c1nnc(SCC(=O)Nc2ccccc2Cl)n1C(C)C. The third-order valence-corrected chi connectivity index (χ3v) is 5.03. The van der Waals surface area contributed by atoms with Crippen LogP contribution in [0.1, 0.15) is 25.6 Å². The molecule has 3 aromatic rings. The van der Waals surface area contributed by atoms with Crippen LogP contribution >= 0.6 is 23.4 Å². The van der Waals surface area contributed by atoms with Crippen LogP contribution < -0.4 is 5.32 Å². The lowest BCUT2D eigenvalue weighted by molar-refractivity contribution is -0.113. The van der Waals surface area contributed by atoms with Gasteiger partial charge in [-0.2, -0.15) is 0 Å². The molecule has 0 aliphatic rings. The van der Waals surface area contributed by atoms with E-state index in [1.165, 1.54) is 11.8 Å². The molecule has 1 N–H and O–H groups in total. The molecule has 26 heavy (non-hydrogen) atoms. The van der Waals surface area contributed by atoms with E-state index < -0.39 is 0 Å². The van der Waals surface area contributed by atoms with Crippen molar-refractivity contribution >= 4 is 35.0 Å². The van der Waals surface area contributed by atoms with E-state index in [-0.39, 0.29) is 17.7 Å². The standard InChI is InChI=1S/C18H19ClN4O2S/c1-11(2)23-17(13-8-9-25-12(13)3)21-22-18(23)26-10-16(24)20-15-7-5-4-6-14(15)19/h4-9,11H,10H2,1-3H3,(H,20,24). The Morgan fingerprint density at radius 1 is 1.31 bits per heavy atom. The molecular weight excluding hydrogens is 372 g/mol. The van der Waals surface area contributed by atoms with Gasteiger partial charge < -0.3 is 9.73 Å². The number of nitrogens with zero attached hydrogens (tertiary/aromatic N) is 3. The molecule has 2 heterocycles. The highest BCUT2D eigenvalue weighted by atomic mass is 35.5. The van der Waals surface area contributed by atoms with Gasteiger partial charge in [0.15, 0.2) is 11.0 Å². The summed E-state index contributed by atoms with van der Waals surface area (Å²) in [7, 11) is 0. The molecule has 0 aliphatic carbocycles. The second-order valence-electron chi connectivity index (χ2n) is 5.98. The number of anilines is 1. The Kier molecular flexibility index (Phi) is 5.68. The number of hydrogen-bond acceptors (Lipinski definition) is 5. The van der Waals surface area contributed by atoms with Crippen LogP contribution in [-0.4, -0.2) is 26.4 Å². The van der Waals surface area contributed by atoms with Crippen LogP contribution in [0, 0.1) is 6.92 Å². The summed E-state index contributed by atoms with van der Waals surface area (Å²) in [6, 6.07) is 9.15. The minimum atomic E-state index is -0.151. The van der Waals surface area contributed by atoms with E-state index in [0.29, 0.717) is 15.9 Å². The second-order valence-corrected chi connectivity index (χ2v) is 7.33. The maximum absolute atomic E-state index is 12.2. The van der Waals surface area contributed by atoms with Crippen LogP contribution in [0.25, 0.3) is 11.4 Å². The highest BCUT2D eigenvalue weighted by Crippen LogP contribution is 2.30. The third kappa shape index (κ3) is 3.94. The summed E-state index contributed by atoms with van der Waals surface area (Å²) in [6.07, 6.45) is 1.63. The van der Waals surface area contributed by atoms with Gasteiger partial charge in [0.1, 0.15) is 5.76 Å². The number of amides is 1. The molecule has 8 heteroatoms. The van der Waals surface area contributed by atoms with Crippen LogP contribution in [-0.2, 0) is 4.79 Å². The Balaban J connectivity index is 1.74. The third-order valence-electron chi connectivity index (χ3n) is 3.76. The van der Waals surface area contributed by atoms with E-state index in [1.54, 1.807) is 18.4 Å². The van der Waals surface area contributed by atoms with Gasteiger partial charge in [-0.3, -0.25) is 9.36 Å². The quantitative estimate of drug-likeness (QED) is 0.611. The van der Waals surface area contributed by atoms with Crippen molar-refractivity contribution in [1.82, 2.24) is 14.8 Å². The predicted molar refractivity (Wildman–Crippen MR) is 104 cm³/mol. The van der Waals surface area contributed by atoms with Crippen molar-refractivity contribution in [3.63, 3.8) is 0 Å². The van der Waals surface area contributed by atoms with Gasteiger partial charge in [0, 0.05) is 6.04 Å². The van der Waals surface area contributed by atoms with Crippen molar-refractivity contribution in [2.75, 3.05) is 11.1 Å². The second kappa shape index (κ2) is 7.97. The van der Waals surface area contributed by atoms with E-state index in [9.17, 15) is 4.79 Å². The van der Waals surface area contributed by atoms with Crippen LogP contribution in [0.15, 0.2) is 46.2 Å². The summed E-state index contributed by atoms with van der Waals surface area (Å²) in [5.74, 6) is 1.58. The Morgan fingerprint density at radius 3 is 2.73 bits per heavy atom. The Labute approximate surface area is 160 Å². The number of aromatic nitrogens is 3. The fraction of sp³-hybridized carbons (Fsp3) is 0.278. The number of thioether (sulfide) groups is 1. The number of para-hydroxylation sites is 1. The number of carbonyl (C=O) groups excluding carboxylic acids is 1. The highest BCUT2D eigenvalue weighted by Gasteiger charge is 2.20. The summed E-state index contributed by atoms with van der Waals surface area (Å²) in [4.78, 5) is 12.2. The number of hydrogen-bond donors (Lipinski definition) is 1. The van der Waals surface area contributed by atoms with Crippen molar-refractivity contribution in [3.05, 3.63) is 47.4 Å². The first-order valence-electron chi connectivity index (χ1n) is 8.14. The normalized spacial score (nSPS) is 11.1. The van der Waals surface area contributed by atoms with E-state index in [2.05, 4.69) is 29.4 Å². The lowest BCUT2D eigenvalue weighted by Gasteiger charge is -2.13. The van der Waals surface area contributed by atoms with Crippen LogP contribution in [0.5, 0.6) is 0 Å². The molecule has 0 spiro atoms. The molecule has 1 amide bonds. The predicted octanol–water partition coefficient (Wildman–Crippen LogP) is 4.81. The number of furan rings is 1. The summed E-state index contributed by atoms with van der Waals surface area (Å²) < 4.78 is 7.38. The first-order valence-corrected chi connectivity index (χ1v) is 9.50. The molecule has 3 rings (SSSR count). The molecule has 6 nitrogen and oxygen atoms in total. The van der Waals surface area contributed by atoms with Crippen molar-refractivity contribution in [3.8, 4) is 11.4 Å². The molecule has 0 saturated heterocycles. The van der Waals surface area contributed by atoms with E-state index >= 15 is 0 Å². The molecule has 136 valence electrons. The van der Waals surface area contributed by atoms with Crippen LogP contribution in [0.2, 0.25) is 5.02 Å². The number of nitrogens with one attached hydrogen (secondary N) is 1. The molecule has 1 aromatic carbocycles. The summed E-state index contributed by atoms with van der Waals surface area (Å²) in [6.45, 7) is 5.99. The molecule has 2 aromatic heterocycles. The Bertz CT molecular complexity index is 920. The van der Waals surface area contributed by atoms with Gasteiger partial charge in [0.05, 0.1) is 28.3 Å². The number of aryl methyl sites for hydroxylation is 1. The molecule has 0 saturated carbocycles. The first-order chi connectivity index (χ1) is 12.5. The Morgan fingerprint density at radius 2 is 2.08 bits per heavy atom. The largest absolute Gasteiger partial charge is 0.469 e. The van der Waals surface area contributed by atoms with Crippen molar-refractivity contribution in [2.45, 2.75) is 32.0 Å². The molecule has 0 bridgehead atoms. The zero-order valence-electron chi connectivity index (χ0n) is 14.7. The van der Waals surface area contributed by atoms with Gasteiger partial charge >= 0.3 is 0 Å². The van der Waals surface area contributed by atoms with E-state index in [0.717, 1.165) is 17.1 Å². The summed E-state index contributed by atoms with van der Waals surface area (Å²) >= 11 is 7.41. The van der Waals surface area contributed by atoms with Crippen molar-refractivity contribution in [2.24, 2.45) is 0 Å². The fourth-order valence-electron chi connectivity index (χ4n) is 2.52. The maximum Gasteiger partial charge on any atom is 0.234 e. The summed E-state index contributed by atoms with van der Waals surface area (Å²) in [5.41, 5.74) is 1.50. The van der Waals surface area contributed by atoms with Gasteiger partial charge in [-0.15, -0.1) is 10.2 Å². The monoisotopic (exact) mass is 390 g/mol. The highest BCUT2D eigenvalue weighted by molar-refractivity contribution is 7.99. The minimum absolute atomic E-state index is 0.142. The zero-order chi connectivity index (χ0) is 18.7. The van der Waals surface area contributed by atoms with Gasteiger partial charge in [-0.1, -0.05) is 35.5 Å². The van der Waals surface area contributed by atoms with Crippen LogP contribution in [0.4, 0.5) is 5.69 Å². The first kappa shape index (κ1) is 18.5. The number of rotatable bonds is 6. The van der Waals surface area contributed by atoms with Crippen molar-refractivity contribution < 1.29 is 9.21 Å². The van der Waals surface area contributed by atoms with E-state index in [1.807, 2.05) is 29.7 Å². The van der Waals surface area contributed by atoms with Gasteiger partial charge in [-0.25, -0.2) is 0 Å². The summed E-state index contributed by atoms with van der Waals surface area (Å²) in [5, 5.41) is 12.6. The lowest BCUT2D eigenvalue weighted by atomic mass is 10.2. The van der Waals surface area contributed by atoms with Crippen molar-refractivity contribution in [1.29, 1.82) is 0 Å². The fourth-order valence-corrected chi connectivity index (χ4v) is 3.57. The molecular formula is C18H19ClN4O2S. The lowest BCUT2D eigenvalue weighted by Crippen LogP contribution is -2.15. The minimum Gasteiger partial charge on any atom is -0.469 e. The number of benzene rings is 1. The number of halogens is 1. The molecule has 0 aliphatic heterocycles. The smallest absolute Gasteiger partial charge is 0.234 e. The Hall–Kier alpha value is -2.25. The van der Waals surface area contributed by atoms with Gasteiger partial charge in [-0.05, 0) is 39.0 Å².